The maximum atomic E-state index is 14.3. The highest BCUT2D eigenvalue weighted by atomic mass is 19.1. The van der Waals surface area contributed by atoms with Gasteiger partial charge in [0.25, 0.3) is 0 Å². The van der Waals surface area contributed by atoms with Crippen molar-refractivity contribution in [1.82, 2.24) is 4.57 Å². The fraction of sp³-hybridized carbons (Fsp3) is 0.167. The standard InChI is InChI=1S/C18H16FNO2/c1-11-6-8-13(9-7-11)10-20-16(18(21)22)12(2)14-4-3-5-15(19)17(14)20/h3-9H,10H2,1-2H3,(H,21,22). The molecule has 3 nitrogen and oxygen atoms in total. The fourth-order valence-corrected chi connectivity index (χ4v) is 2.84. The van der Waals surface area contributed by atoms with Gasteiger partial charge >= 0.3 is 5.97 Å². The van der Waals surface area contributed by atoms with Crippen LogP contribution in [0.3, 0.4) is 0 Å². The first-order valence-electron chi connectivity index (χ1n) is 7.05. The number of hydrogen-bond donors (Lipinski definition) is 1. The quantitative estimate of drug-likeness (QED) is 0.789. The molecule has 0 unspecified atom stereocenters. The van der Waals surface area contributed by atoms with Crippen molar-refractivity contribution in [1.29, 1.82) is 0 Å². The average molecular weight is 297 g/mol. The Morgan fingerprint density at radius 3 is 2.45 bits per heavy atom. The summed E-state index contributed by atoms with van der Waals surface area (Å²) in [5.74, 6) is -1.44. The van der Waals surface area contributed by atoms with Gasteiger partial charge in [0.15, 0.2) is 0 Å². The second-order valence-corrected chi connectivity index (χ2v) is 5.49. The number of aromatic nitrogens is 1. The number of carbonyl (C=O) groups is 1. The Kier molecular flexibility index (Phi) is 3.45. The van der Waals surface area contributed by atoms with E-state index >= 15 is 0 Å². The molecule has 0 saturated heterocycles. The van der Waals surface area contributed by atoms with Gasteiger partial charge < -0.3 is 9.67 Å². The van der Waals surface area contributed by atoms with Crippen molar-refractivity contribution >= 4 is 16.9 Å². The monoisotopic (exact) mass is 297 g/mol. The summed E-state index contributed by atoms with van der Waals surface area (Å²) < 4.78 is 15.8. The molecule has 1 N–H and O–H groups in total. The van der Waals surface area contributed by atoms with E-state index < -0.39 is 11.8 Å². The SMILES string of the molecule is Cc1ccc(Cn2c(C(=O)O)c(C)c3cccc(F)c32)cc1. The molecule has 0 aliphatic rings. The lowest BCUT2D eigenvalue weighted by Crippen LogP contribution is -2.11. The fourth-order valence-electron chi connectivity index (χ4n) is 2.84. The van der Waals surface area contributed by atoms with Gasteiger partial charge in [-0.25, -0.2) is 9.18 Å². The van der Waals surface area contributed by atoms with Gasteiger partial charge in [0.2, 0.25) is 0 Å². The summed E-state index contributed by atoms with van der Waals surface area (Å²) >= 11 is 0. The predicted octanol–water partition coefficient (Wildman–Crippen LogP) is 4.14. The average Bonchev–Trinajstić information content (AvgIpc) is 2.76. The maximum absolute atomic E-state index is 14.3. The van der Waals surface area contributed by atoms with Crippen molar-refractivity contribution < 1.29 is 14.3 Å². The van der Waals surface area contributed by atoms with Gasteiger partial charge in [-0.1, -0.05) is 42.0 Å². The van der Waals surface area contributed by atoms with Crippen molar-refractivity contribution in [3.05, 3.63) is 70.7 Å². The van der Waals surface area contributed by atoms with Crippen LogP contribution in [0.25, 0.3) is 10.9 Å². The number of halogens is 1. The molecule has 1 heterocycles. The van der Waals surface area contributed by atoms with Gasteiger partial charge in [-0.15, -0.1) is 0 Å². The summed E-state index contributed by atoms with van der Waals surface area (Å²) in [7, 11) is 0. The lowest BCUT2D eigenvalue weighted by molar-refractivity contribution is 0.0685. The van der Waals surface area contributed by atoms with E-state index in [4.69, 9.17) is 0 Å². The second-order valence-electron chi connectivity index (χ2n) is 5.49. The molecule has 2 aromatic carbocycles. The Balaban J connectivity index is 2.24. The first kappa shape index (κ1) is 14.3. The molecule has 0 amide bonds. The molecule has 0 bridgehead atoms. The molecule has 0 spiro atoms. The van der Waals surface area contributed by atoms with Gasteiger partial charge in [-0.3, -0.25) is 0 Å². The summed E-state index contributed by atoms with van der Waals surface area (Å²) in [5, 5.41) is 10.2. The van der Waals surface area contributed by atoms with Gasteiger partial charge in [0, 0.05) is 11.9 Å². The molecule has 0 fully saturated rings. The third-order valence-corrected chi connectivity index (χ3v) is 3.95. The van der Waals surface area contributed by atoms with Crippen LogP contribution in [0.1, 0.15) is 27.2 Å². The molecule has 0 atom stereocenters. The maximum Gasteiger partial charge on any atom is 0.352 e. The molecule has 0 saturated carbocycles. The molecule has 22 heavy (non-hydrogen) atoms. The molecule has 3 rings (SSSR count). The van der Waals surface area contributed by atoms with Crippen molar-refractivity contribution in [3.63, 3.8) is 0 Å². The van der Waals surface area contributed by atoms with E-state index in [9.17, 15) is 14.3 Å². The number of carboxylic acids is 1. The molecule has 112 valence electrons. The van der Waals surface area contributed by atoms with Crippen LogP contribution in [0.15, 0.2) is 42.5 Å². The largest absolute Gasteiger partial charge is 0.477 e. The second kappa shape index (κ2) is 5.30. The summed E-state index contributed by atoms with van der Waals surface area (Å²) in [4.78, 5) is 11.6. The number of carboxylic acid groups (broad SMARTS) is 1. The molecule has 3 aromatic rings. The smallest absolute Gasteiger partial charge is 0.352 e. The molecule has 0 aliphatic heterocycles. The number of rotatable bonds is 3. The minimum Gasteiger partial charge on any atom is -0.477 e. The van der Waals surface area contributed by atoms with Gasteiger partial charge in [0.05, 0.1) is 5.52 Å². The number of para-hydroxylation sites is 1. The summed E-state index contributed by atoms with van der Waals surface area (Å²) in [6.45, 7) is 4.03. The Morgan fingerprint density at radius 1 is 1.14 bits per heavy atom. The van der Waals surface area contributed by atoms with Gasteiger partial charge in [-0.2, -0.15) is 0 Å². The normalized spacial score (nSPS) is 11.0. The Hall–Kier alpha value is -2.62. The summed E-state index contributed by atoms with van der Waals surface area (Å²) in [6.07, 6.45) is 0. The molecule has 1 aromatic heterocycles. The van der Waals surface area contributed by atoms with Crippen molar-refractivity contribution in [2.45, 2.75) is 20.4 Å². The number of aromatic carboxylic acids is 1. The topological polar surface area (TPSA) is 42.2 Å². The highest BCUT2D eigenvalue weighted by Crippen LogP contribution is 2.28. The predicted molar refractivity (Wildman–Crippen MR) is 83.9 cm³/mol. The van der Waals surface area contributed by atoms with Crippen LogP contribution in [-0.2, 0) is 6.54 Å². The van der Waals surface area contributed by atoms with Crippen LogP contribution in [0.5, 0.6) is 0 Å². The lowest BCUT2D eigenvalue weighted by Gasteiger charge is -2.10. The van der Waals surface area contributed by atoms with Crippen LogP contribution in [0.2, 0.25) is 0 Å². The van der Waals surface area contributed by atoms with Gasteiger partial charge in [-0.05, 0) is 31.0 Å². The van der Waals surface area contributed by atoms with E-state index in [0.717, 1.165) is 11.1 Å². The minimum atomic E-state index is -1.04. The zero-order chi connectivity index (χ0) is 15.9. The molecular weight excluding hydrogens is 281 g/mol. The number of fused-ring (bicyclic) bond motifs is 1. The van der Waals surface area contributed by atoms with Crippen molar-refractivity contribution in [3.8, 4) is 0 Å². The highest BCUT2D eigenvalue weighted by molar-refractivity contribution is 5.98. The van der Waals surface area contributed by atoms with Crippen LogP contribution >= 0.6 is 0 Å². The number of benzene rings is 2. The summed E-state index contributed by atoms with van der Waals surface area (Å²) in [5.41, 5.74) is 3.14. The van der Waals surface area contributed by atoms with E-state index in [1.54, 1.807) is 23.6 Å². The van der Waals surface area contributed by atoms with E-state index in [-0.39, 0.29) is 5.69 Å². The van der Waals surface area contributed by atoms with Crippen LogP contribution < -0.4 is 0 Å². The number of nitrogens with zero attached hydrogens (tertiary/aromatic N) is 1. The van der Waals surface area contributed by atoms with Crippen molar-refractivity contribution in [2.24, 2.45) is 0 Å². The Bertz CT molecular complexity index is 863. The zero-order valence-electron chi connectivity index (χ0n) is 12.4. The molecule has 0 aliphatic carbocycles. The minimum absolute atomic E-state index is 0.140. The Labute approximate surface area is 127 Å². The third kappa shape index (κ3) is 2.26. The first-order chi connectivity index (χ1) is 10.5. The number of hydrogen-bond acceptors (Lipinski definition) is 1. The zero-order valence-corrected chi connectivity index (χ0v) is 12.4. The molecule has 4 heteroatoms. The highest BCUT2D eigenvalue weighted by Gasteiger charge is 2.21. The lowest BCUT2D eigenvalue weighted by atomic mass is 10.1. The van der Waals surface area contributed by atoms with Crippen LogP contribution in [0.4, 0.5) is 4.39 Å². The number of aryl methyl sites for hydroxylation is 2. The van der Waals surface area contributed by atoms with E-state index in [2.05, 4.69) is 0 Å². The third-order valence-electron chi connectivity index (χ3n) is 3.95. The van der Waals surface area contributed by atoms with Gasteiger partial charge in [0.1, 0.15) is 11.5 Å². The van der Waals surface area contributed by atoms with Crippen LogP contribution in [-0.4, -0.2) is 15.6 Å². The van der Waals surface area contributed by atoms with E-state index in [1.165, 1.54) is 6.07 Å². The summed E-state index contributed by atoms with van der Waals surface area (Å²) in [6, 6.07) is 12.5. The van der Waals surface area contributed by atoms with E-state index in [1.807, 2.05) is 31.2 Å². The molecule has 0 radical (unpaired) electrons. The van der Waals surface area contributed by atoms with E-state index in [0.29, 0.717) is 23.0 Å². The van der Waals surface area contributed by atoms with Crippen LogP contribution in [0, 0.1) is 19.7 Å². The Morgan fingerprint density at radius 2 is 1.82 bits per heavy atom. The van der Waals surface area contributed by atoms with Crippen molar-refractivity contribution in [2.75, 3.05) is 0 Å². The molecular formula is C18H16FNO2. The first-order valence-corrected chi connectivity index (χ1v) is 7.05.